The number of benzene rings is 1. The van der Waals surface area contributed by atoms with Crippen LogP contribution in [0.1, 0.15) is 17.5 Å². The molecule has 0 aliphatic carbocycles. The van der Waals surface area contributed by atoms with E-state index >= 15 is 0 Å². The minimum Gasteiger partial charge on any atom is -0.493 e. The molecule has 2 aliphatic heterocycles. The van der Waals surface area contributed by atoms with Crippen LogP contribution >= 0.6 is 11.6 Å². The lowest BCUT2D eigenvalue weighted by Gasteiger charge is -2.33. The van der Waals surface area contributed by atoms with Crippen LogP contribution in [-0.2, 0) is 13.0 Å². The van der Waals surface area contributed by atoms with Crippen LogP contribution in [0, 0.1) is 0 Å². The molecule has 2 heterocycles. The van der Waals surface area contributed by atoms with E-state index in [1.807, 2.05) is 12.1 Å². The van der Waals surface area contributed by atoms with E-state index in [2.05, 4.69) is 0 Å². The summed E-state index contributed by atoms with van der Waals surface area (Å²) < 4.78 is 5.65. The van der Waals surface area contributed by atoms with E-state index in [0.717, 1.165) is 29.7 Å². The monoisotopic (exact) mass is 281 g/mol. The molecule has 0 bridgehead atoms. The Morgan fingerprint density at radius 2 is 2.21 bits per heavy atom. The average molecular weight is 282 g/mol. The van der Waals surface area contributed by atoms with Gasteiger partial charge in [-0.05, 0) is 24.1 Å². The first kappa shape index (κ1) is 12.6. The molecule has 102 valence electrons. The van der Waals surface area contributed by atoms with Gasteiger partial charge in [-0.15, -0.1) is 0 Å². The molecule has 19 heavy (non-hydrogen) atoms. The Morgan fingerprint density at radius 1 is 1.37 bits per heavy atom. The summed E-state index contributed by atoms with van der Waals surface area (Å²) in [5.41, 5.74) is 2.08. The lowest BCUT2D eigenvalue weighted by Crippen LogP contribution is -2.52. The molecule has 0 unspecified atom stereocenters. The first-order chi connectivity index (χ1) is 9.15. The summed E-state index contributed by atoms with van der Waals surface area (Å²) in [6.07, 6.45) is 1.76. The number of fused-ring (bicyclic) bond motifs is 1. The van der Waals surface area contributed by atoms with Gasteiger partial charge in [-0.3, -0.25) is 5.01 Å². The quantitative estimate of drug-likeness (QED) is 0.664. The normalized spacial score (nSPS) is 18.5. The van der Waals surface area contributed by atoms with Crippen LogP contribution in [0.5, 0.6) is 5.75 Å². The van der Waals surface area contributed by atoms with E-state index in [1.54, 1.807) is 4.90 Å². The first-order valence-electron chi connectivity index (χ1n) is 6.40. The molecule has 1 saturated heterocycles. The number of amides is 2. The number of ether oxygens (including phenoxy) is 1. The summed E-state index contributed by atoms with van der Waals surface area (Å²) in [6, 6.07) is 3.66. The van der Waals surface area contributed by atoms with Gasteiger partial charge in [0.2, 0.25) is 0 Å². The molecule has 2 amide bonds. The van der Waals surface area contributed by atoms with Crippen LogP contribution in [0.2, 0.25) is 5.02 Å². The van der Waals surface area contributed by atoms with E-state index < -0.39 is 0 Å². The molecule has 1 aromatic rings. The SMILES string of the molecule is NN1CCCN(Cc2cc(Cl)cc3c2OCC3)C1=O. The number of carbonyl (C=O) groups excluding carboxylic acids is 1. The van der Waals surface area contributed by atoms with Gasteiger partial charge in [0, 0.05) is 30.1 Å². The number of hydrogen-bond donors (Lipinski definition) is 1. The second kappa shape index (κ2) is 4.90. The topological polar surface area (TPSA) is 58.8 Å². The van der Waals surface area contributed by atoms with Crippen LogP contribution in [0.15, 0.2) is 12.1 Å². The van der Waals surface area contributed by atoms with Gasteiger partial charge in [0.1, 0.15) is 5.75 Å². The summed E-state index contributed by atoms with van der Waals surface area (Å²) in [6.45, 7) is 2.50. The predicted octanol–water partition coefficient (Wildman–Crippen LogP) is 1.78. The summed E-state index contributed by atoms with van der Waals surface area (Å²) in [7, 11) is 0. The third-order valence-electron chi connectivity index (χ3n) is 3.53. The van der Waals surface area contributed by atoms with Crippen molar-refractivity contribution in [3.63, 3.8) is 0 Å². The zero-order valence-electron chi connectivity index (χ0n) is 10.6. The summed E-state index contributed by atoms with van der Waals surface area (Å²) >= 11 is 6.12. The standard InChI is InChI=1S/C13H16ClN3O2/c14-11-6-9-2-5-19-12(9)10(7-11)8-16-3-1-4-17(15)13(16)18/h6-7H,1-5,8,15H2. The van der Waals surface area contributed by atoms with Gasteiger partial charge in [0.05, 0.1) is 13.2 Å². The average Bonchev–Trinajstić information content (AvgIpc) is 2.83. The zero-order valence-corrected chi connectivity index (χ0v) is 11.3. The first-order valence-corrected chi connectivity index (χ1v) is 6.78. The van der Waals surface area contributed by atoms with Crippen molar-refractivity contribution in [1.82, 2.24) is 9.91 Å². The van der Waals surface area contributed by atoms with Gasteiger partial charge in [-0.2, -0.15) is 0 Å². The third kappa shape index (κ3) is 2.35. The maximum absolute atomic E-state index is 12.0. The molecule has 6 heteroatoms. The number of rotatable bonds is 2. The Bertz CT molecular complexity index is 521. The van der Waals surface area contributed by atoms with Crippen LogP contribution in [0.25, 0.3) is 0 Å². The van der Waals surface area contributed by atoms with Crippen LogP contribution in [-0.4, -0.2) is 35.6 Å². The van der Waals surface area contributed by atoms with E-state index in [0.29, 0.717) is 31.3 Å². The van der Waals surface area contributed by atoms with Gasteiger partial charge in [-0.1, -0.05) is 11.6 Å². The number of nitrogens with zero attached hydrogens (tertiary/aromatic N) is 2. The van der Waals surface area contributed by atoms with E-state index in [9.17, 15) is 4.79 Å². The lowest BCUT2D eigenvalue weighted by molar-refractivity contribution is 0.126. The van der Waals surface area contributed by atoms with Crippen molar-refractivity contribution in [3.8, 4) is 5.75 Å². The fourth-order valence-electron chi connectivity index (χ4n) is 2.62. The van der Waals surface area contributed by atoms with Crippen molar-refractivity contribution in [2.75, 3.05) is 19.7 Å². The fraction of sp³-hybridized carbons (Fsp3) is 0.462. The Kier molecular flexibility index (Phi) is 3.24. The summed E-state index contributed by atoms with van der Waals surface area (Å²) in [4.78, 5) is 13.7. The highest BCUT2D eigenvalue weighted by Crippen LogP contribution is 2.33. The Labute approximate surface area is 116 Å². The van der Waals surface area contributed by atoms with Gasteiger partial charge >= 0.3 is 6.03 Å². The molecular formula is C13H16ClN3O2. The van der Waals surface area contributed by atoms with Gasteiger partial charge in [0.25, 0.3) is 0 Å². The molecule has 0 saturated carbocycles. The van der Waals surface area contributed by atoms with Crippen molar-refractivity contribution < 1.29 is 9.53 Å². The number of urea groups is 1. The second-order valence-corrected chi connectivity index (χ2v) is 5.34. The maximum atomic E-state index is 12.0. The lowest BCUT2D eigenvalue weighted by atomic mass is 10.1. The molecule has 0 spiro atoms. The van der Waals surface area contributed by atoms with Crippen LogP contribution in [0.4, 0.5) is 4.79 Å². The van der Waals surface area contributed by atoms with Crippen molar-refractivity contribution in [2.24, 2.45) is 5.84 Å². The largest absolute Gasteiger partial charge is 0.493 e. The predicted molar refractivity (Wildman–Crippen MR) is 72.0 cm³/mol. The van der Waals surface area contributed by atoms with Crippen molar-refractivity contribution in [2.45, 2.75) is 19.4 Å². The minimum absolute atomic E-state index is 0.141. The van der Waals surface area contributed by atoms with Crippen LogP contribution in [0.3, 0.4) is 0 Å². The van der Waals surface area contributed by atoms with Crippen LogP contribution < -0.4 is 10.6 Å². The van der Waals surface area contributed by atoms with E-state index in [4.69, 9.17) is 22.2 Å². The number of nitrogens with two attached hydrogens (primary N) is 1. The zero-order chi connectivity index (χ0) is 13.4. The third-order valence-corrected chi connectivity index (χ3v) is 3.75. The van der Waals surface area contributed by atoms with Crippen molar-refractivity contribution >= 4 is 17.6 Å². The number of hydrazine groups is 1. The molecule has 0 atom stereocenters. The Balaban J connectivity index is 1.85. The summed E-state index contributed by atoms with van der Waals surface area (Å²) in [5.74, 6) is 6.53. The van der Waals surface area contributed by atoms with E-state index in [-0.39, 0.29) is 6.03 Å². The van der Waals surface area contributed by atoms with Crippen molar-refractivity contribution in [3.05, 3.63) is 28.3 Å². The molecule has 2 aliphatic rings. The highest BCUT2D eigenvalue weighted by molar-refractivity contribution is 6.30. The van der Waals surface area contributed by atoms with Gasteiger partial charge in [-0.25, -0.2) is 10.6 Å². The smallest absolute Gasteiger partial charge is 0.334 e. The highest BCUT2D eigenvalue weighted by atomic mass is 35.5. The number of hydrogen-bond acceptors (Lipinski definition) is 3. The van der Waals surface area contributed by atoms with Gasteiger partial charge < -0.3 is 9.64 Å². The molecule has 0 aromatic heterocycles. The summed E-state index contributed by atoms with van der Waals surface area (Å²) in [5, 5.41) is 1.95. The maximum Gasteiger partial charge on any atom is 0.334 e. The minimum atomic E-state index is -0.141. The number of carbonyl (C=O) groups is 1. The molecule has 3 rings (SSSR count). The Morgan fingerprint density at radius 3 is 3.05 bits per heavy atom. The molecule has 2 N–H and O–H groups in total. The second-order valence-electron chi connectivity index (χ2n) is 4.90. The Hall–Kier alpha value is -1.46. The van der Waals surface area contributed by atoms with Gasteiger partial charge in [0.15, 0.2) is 0 Å². The van der Waals surface area contributed by atoms with E-state index in [1.165, 1.54) is 5.01 Å². The molecule has 5 nitrogen and oxygen atoms in total. The highest BCUT2D eigenvalue weighted by Gasteiger charge is 2.26. The molecular weight excluding hydrogens is 266 g/mol. The molecule has 1 fully saturated rings. The fourth-order valence-corrected chi connectivity index (χ4v) is 2.88. The number of halogens is 1. The molecule has 1 aromatic carbocycles. The van der Waals surface area contributed by atoms with Crippen molar-refractivity contribution in [1.29, 1.82) is 0 Å². The molecule has 0 radical (unpaired) electrons.